The van der Waals surface area contributed by atoms with E-state index in [-0.39, 0.29) is 6.10 Å². The average molecular weight is 272 g/mol. The molecule has 3 nitrogen and oxygen atoms in total. The minimum absolute atomic E-state index is 0.286. The summed E-state index contributed by atoms with van der Waals surface area (Å²) in [4.78, 5) is 10.2. The number of epoxide rings is 1. The standard InChI is InChI=1S/C10H10.C7H10O3/c1-3-9-7-5-6-8-10(9)4-2;1-5(7(8)9)2-3-6-4-10-6/h3-8H,1-2H2;2,6H,3-4H2,1H3,(H,8,9). The molecule has 1 fully saturated rings. The quantitative estimate of drug-likeness (QED) is 0.655. The molecule has 0 spiro atoms. The zero-order valence-corrected chi connectivity index (χ0v) is 11.7. The molecule has 1 unspecified atom stereocenters. The van der Waals surface area contributed by atoms with Crippen molar-refractivity contribution >= 4 is 18.1 Å². The van der Waals surface area contributed by atoms with Crippen molar-refractivity contribution in [3.63, 3.8) is 0 Å². The van der Waals surface area contributed by atoms with Gasteiger partial charge in [-0.2, -0.15) is 0 Å². The molecule has 2 rings (SSSR count). The van der Waals surface area contributed by atoms with Crippen LogP contribution in [0.5, 0.6) is 0 Å². The van der Waals surface area contributed by atoms with Gasteiger partial charge in [-0.05, 0) is 24.5 Å². The summed E-state index contributed by atoms with van der Waals surface area (Å²) in [7, 11) is 0. The summed E-state index contributed by atoms with van der Waals surface area (Å²) < 4.78 is 4.90. The molecule has 1 atom stereocenters. The SMILES string of the molecule is C=Cc1ccccc1C=C.CC(=CCC1CO1)C(=O)O. The third-order valence-corrected chi connectivity index (χ3v) is 2.86. The van der Waals surface area contributed by atoms with Crippen LogP contribution in [0.2, 0.25) is 0 Å². The first-order valence-electron chi connectivity index (χ1n) is 6.44. The van der Waals surface area contributed by atoms with Gasteiger partial charge in [0.2, 0.25) is 0 Å². The molecule has 106 valence electrons. The molecule has 0 aliphatic carbocycles. The highest BCUT2D eigenvalue weighted by molar-refractivity contribution is 5.85. The van der Waals surface area contributed by atoms with Gasteiger partial charge in [-0.15, -0.1) is 0 Å². The summed E-state index contributed by atoms with van der Waals surface area (Å²) in [5.74, 6) is -0.847. The number of carbonyl (C=O) groups is 1. The Kier molecular flexibility index (Phi) is 6.47. The van der Waals surface area contributed by atoms with Crippen molar-refractivity contribution in [2.24, 2.45) is 0 Å². The number of aliphatic carboxylic acids is 1. The lowest BCUT2D eigenvalue weighted by atomic mass is 10.1. The molecule has 1 aliphatic heterocycles. The topological polar surface area (TPSA) is 49.8 Å². The molecule has 0 bridgehead atoms. The van der Waals surface area contributed by atoms with Crippen molar-refractivity contribution in [3.05, 3.63) is 60.2 Å². The summed E-state index contributed by atoms with van der Waals surface area (Å²) >= 11 is 0. The first-order valence-corrected chi connectivity index (χ1v) is 6.44. The van der Waals surface area contributed by atoms with E-state index in [9.17, 15) is 4.79 Å². The van der Waals surface area contributed by atoms with E-state index in [4.69, 9.17) is 9.84 Å². The van der Waals surface area contributed by atoms with Crippen LogP contribution in [0.3, 0.4) is 0 Å². The lowest BCUT2D eigenvalue weighted by molar-refractivity contribution is -0.132. The van der Waals surface area contributed by atoms with Crippen LogP contribution in [-0.2, 0) is 9.53 Å². The van der Waals surface area contributed by atoms with E-state index in [2.05, 4.69) is 13.2 Å². The van der Waals surface area contributed by atoms with Crippen molar-refractivity contribution in [1.29, 1.82) is 0 Å². The molecule has 1 aromatic carbocycles. The Hall–Kier alpha value is -2.13. The maximum Gasteiger partial charge on any atom is 0.330 e. The fourth-order valence-electron chi connectivity index (χ4n) is 1.48. The number of hydrogen-bond donors (Lipinski definition) is 1. The minimum atomic E-state index is -0.847. The third-order valence-electron chi connectivity index (χ3n) is 2.86. The smallest absolute Gasteiger partial charge is 0.330 e. The van der Waals surface area contributed by atoms with E-state index >= 15 is 0 Å². The lowest BCUT2D eigenvalue weighted by Gasteiger charge is -1.96. The highest BCUT2D eigenvalue weighted by atomic mass is 16.6. The summed E-state index contributed by atoms with van der Waals surface area (Å²) in [6.45, 7) is 9.75. The van der Waals surface area contributed by atoms with Crippen LogP contribution in [0.4, 0.5) is 0 Å². The molecule has 1 aliphatic rings. The predicted molar refractivity (Wildman–Crippen MR) is 82.4 cm³/mol. The zero-order chi connectivity index (χ0) is 15.0. The second-order valence-corrected chi connectivity index (χ2v) is 4.42. The Morgan fingerprint density at radius 2 is 1.85 bits per heavy atom. The molecular weight excluding hydrogens is 252 g/mol. The number of ether oxygens (including phenoxy) is 1. The molecule has 20 heavy (non-hydrogen) atoms. The summed E-state index contributed by atoms with van der Waals surface area (Å²) in [5.41, 5.74) is 2.67. The molecule has 0 amide bonds. The average Bonchev–Trinajstić information content (AvgIpc) is 3.29. The number of carboxylic acid groups (broad SMARTS) is 1. The van der Waals surface area contributed by atoms with Gasteiger partial charge in [0.15, 0.2) is 0 Å². The highest BCUT2D eigenvalue weighted by Crippen LogP contribution is 2.14. The fraction of sp³-hybridized carbons (Fsp3) is 0.235. The van der Waals surface area contributed by atoms with Crippen LogP contribution >= 0.6 is 0 Å². The highest BCUT2D eigenvalue weighted by Gasteiger charge is 2.20. The monoisotopic (exact) mass is 272 g/mol. The Labute approximate surface area is 119 Å². The molecule has 0 radical (unpaired) electrons. The summed E-state index contributed by atoms with van der Waals surface area (Å²) in [6.07, 6.45) is 6.38. The Bertz CT molecular complexity index is 484. The molecule has 3 heteroatoms. The van der Waals surface area contributed by atoms with Gasteiger partial charge >= 0.3 is 5.97 Å². The number of carboxylic acids is 1. The van der Waals surface area contributed by atoms with Crippen molar-refractivity contribution in [3.8, 4) is 0 Å². The number of hydrogen-bond acceptors (Lipinski definition) is 2. The van der Waals surface area contributed by atoms with Gasteiger partial charge in [-0.3, -0.25) is 0 Å². The molecule has 1 heterocycles. The molecule has 1 aromatic rings. The zero-order valence-electron chi connectivity index (χ0n) is 11.7. The van der Waals surface area contributed by atoms with Gasteiger partial charge in [-0.25, -0.2) is 4.79 Å². The summed E-state index contributed by atoms with van der Waals surface area (Å²) in [6, 6.07) is 8.02. The number of benzene rings is 1. The van der Waals surface area contributed by atoms with Crippen molar-refractivity contribution in [2.75, 3.05) is 6.61 Å². The van der Waals surface area contributed by atoms with Crippen molar-refractivity contribution < 1.29 is 14.6 Å². The molecule has 1 N–H and O–H groups in total. The van der Waals surface area contributed by atoms with E-state index in [1.165, 1.54) is 0 Å². The molecule has 1 saturated heterocycles. The second-order valence-electron chi connectivity index (χ2n) is 4.42. The van der Waals surface area contributed by atoms with E-state index in [0.717, 1.165) is 24.2 Å². The number of rotatable bonds is 5. The van der Waals surface area contributed by atoms with E-state index in [1.807, 2.05) is 36.4 Å². The largest absolute Gasteiger partial charge is 0.478 e. The van der Waals surface area contributed by atoms with Crippen LogP contribution in [-0.4, -0.2) is 23.8 Å². The lowest BCUT2D eigenvalue weighted by Crippen LogP contribution is -1.96. The van der Waals surface area contributed by atoms with Gasteiger partial charge in [0.05, 0.1) is 12.7 Å². The molecular formula is C17H20O3. The van der Waals surface area contributed by atoms with Crippen LogP contribution in [0.1, 0.15) is 24.5 Å². The third kappa shape index (κ3) is 5.67. The Morgan fingerprint density at radius 1 is 1.35 bits per heavy atom. The second kappa shape index (κ2) is 8.12. The molecule has 0 saturated carbocycles. The van der Waals surface area contributed by atoms with Gasteiger partial charge in [-0.1, -0.05) is 55.7 Å². The maximum absolute atomic E-state index is 10.2. The van der Waals surface area contributed by atoms with Gasteiger partial charge in [0.25, 0.3) is 0 Å². The van der Waals surface area contributed by atoms with E-state index in [1.54, 1.807) is 13.0 Å². The normalized spacial score (nSPS) is 16.6. The van der Waals surface area contributed by atoms with Crippen molar-refractivity contribution in [1.82, 2.24) is 0 Å². The first kappa shape index (κ1) is 15.9. The predicted octanol–water partition coefficient (Wildman–Crippen LogP) is 3.78. The van der Waals surface area contributed by atoms with Crippen molar-refractivity contribution in [2.45, 2.75) is 19.4 Å². The van der Waals surface area contributed by atoms with E-state index < -0.39 is 5.97 Å². The summed E-state index contributed by atoms with van der Waals surface area (Å²) in [5, 5.41) is 8.41. The van der Waals surface area contributed by atoms with Gasteiger partial charge in [0, 0.05) is 5.57 Å². The Morgan fingerprint density at radius 3 is 2.20 bits per heavy atom. The van der Waals surface area contributed by atoms with Gasteiger partial charge < -0.3 is 9.84 Å². The fourth-order valence-corrected chi connectivity index (χ4v) is 1.48. The first-order chi connectivity index (χ1) is 9.58. The van der Waals surface area contributed by atoms with E-state index in [0.29, 0.717) is 5.57 Å². The van der Waals surface area contributed by atoms with Crippen LogP contribution in [0.25, 0.3) is 12.2 Å². The Balaban J connectivity index is 0.000000200. The van der Waals surface area contributed by atoms with Crippen LogP contribution < -0.4 is 0 Å². The van der Waals surface area contributed by atoms with Gasteiger partial charge in [0.1, 0.15) is 0 Å². The van der Waals surface area contributed by atoms with Crippen LogP contribution in [0.15, 0.2) is 49.1 Å². The molecule has 0 aromatic heterocycles. The minimum Gasteiger partial charge on any atom is -0.478 e. The maximum atomic E-state index is 10.2. The van der Waals surface area contributed by atoms with Crippen LogP contribution in [0, 0.1) is 0 Å².